The number of aryl methyl sites for hydroxylation is 1. The zero-order valence-corrected chi connectivity index (χ0v) is 19.9. The van der Waals surface area contributed by atoms with E-state index in [4.69, 9.17) is 8.61 Å². The molecule has 0 aliphatic carbocycles. The van der Waals surface area contributed by atoms with Crippen molar-refractivity contribution in [1.29, 1.82) is 0 Å². The molecular weight excluding hydrogens is 376 g/mol. The van der Waals surface area contributed by atoms with E-state index in [9.17, 15) is 8.42 Å². The SMILES string of the molecule is CCC(/C=C/COS(=O)(=O)c1ccc(C)cc1)(CC)O[Si](C)(C)C(C)(C)C. The van der Waals surface area contributed by atoms with Crippen molar-refractivity contribution in [2.24, 2.45) is 0 Å². The molecule has 154 valence electrons. The number of hydrogen-bond donors (Lipinski definition) is 0. The molecule has 0 heterocycles. The molecule has 0 saturated heterocycles. The van der Waals surface area contributed by atoms with Gasteiger partial charge in [0.2, 0.25) is 0 Å². The lowest BCUT2D eigenvalue weighted by Gasteiger charge is -2.44. The van der Waals surface area contributed by atoms with Crippen LogP contribution in [0.15, 0.2) is 41.3 Å². The highest BCUT2D eigenvalue weighted by Gasteiger charge is 2.42. The Bertz CT molecular complexity index is 724. The first-order valence-corrected chi connectivity index (χ1v) is 13.9. The van der Waals surface area contributed by atoms with Crippen LogP contribution in [0, 0.1) is 6.92 Å². The first kappa shape index (κ1) is 24.1. The molecule has 0 bridgehead atoms. The molecule has 27 heavy (non-hydrogen) atoms. The highest BCUT2D eigenvalue weighted by atomic mass is 32.2. The van der Waals surface area contributed by atoms with Gasteiger partial charge in [-0.05, 0) is 50.0 Å². The Morgan fingerprint density at radius 3 is 2.00 bits per heavy atom. The fraction of sp³-hybridized carbons (Fsp3) is 0.619. The van der Waals surface area contributed by atoms with Gasteiger partial charge in [0.15, 0.2) is 8.32 Å². The van der Waals surface area contributed by atoms with Gasteiger partial charge in [0.25, 0.3) is 10.1 Å². The lowest BCUT2D eigenvalue weighted by atomic mass is 9.97. The molecule has 1 aromatic rings. The van der Waals surface area contributed by atoms with E-state index >= 15 is 0 Å². The maximum atomic E-state index is 12.3. The zero-order chi connectivity index (χ0) is 20.9. The molecule has 6 heteroatoms. The lowest BCUT2D eigenvalue weighted by molar-refractivity contribution is 0.0929. The summed E-state index contributed by atoms with van der Waals surface area (Å²) in [5.74, 6) is 0. The minimum Gasteiger partial charge on any atom is -0.408 e. The van der Waals surface area contributed by atoms with Crippen molar-refractivity contribution in [3.8, 4) is 0 Å². The van der Waals surface area contributed by atoms with E-state index in [0.29, 0.717) is 0 Å². The Morgan fingerprint density at radius 1 is 1.04 bits per heavy atom. The highest BCUT2D eigenvalue weighted by molar-refractivity contribution is 7.86. The van der Waals surface area contributed by atoms with Gasteiger partial charge in [0, 0.05) is 0 Å². The second kappa shape index (κ2) is 9.03. The van der Waals surface area contributed by atoms with Crippen molar-refractivity contribution >= 4 is 18.4 Å². The Kier molecular flexibility index (Phi) is 8.06. The molecule has 0 fully saturated rings. The Labute approximate surface area is 167 Å². The monoisotopic (exact) mass is 412 g/mol. The third kappa shape index (κ3) is 6.56. The van der Waals surface area contributed by atoms with Gasteiger partial charge in [-0.2, -0.15) is 8.42 Å². The van der Waals surface area contributed by atoms with Crippen LogP contribution in [0.5, 0.6) is 0 Å². The van der Waals surface area contributed by atoms with Crippen LogP contribution in [0.4, 0.5) is 0 Å². The van der Waals surface area contributed by atoms with E-state index in [0.717, 1.165) is 18.4 Å². The smallest absolute Gasteiger partial charge is 0.297 e. The molecular formula is C21H36O4SSi. The normalized spacial score (nSPS) is 14.1. The average molecular weight is 413 g/mol. The fourth-order valence-corrected chi connectivity index (χ4v) is 5.03. The molecule has 0 aliphatic heterocycles. The van der Waals surface area contributed by atoms with Gasteiger partial charge in [-0.15, -0.1) is 0 Å². The third-order valence-electron chi connectivity index (χ3n) is 5.51. The molecule has 0 unspecified atom stereocenters. The van der Waals surface area contributed by atoms with Crippen molar-refractivity contribution < 1.29 is 17.0 Å². The molecule has 0 aromatic heterocycles. The van der Waals surface area contributed by atoms with E-state index in [2.05, 4.69) is 47.7 Å². The van der Waals surface area contributed by atoms with Crippen LogP contribution in [-0.2, 0) is 18.7 Å². The van der Waals surface area contributed by atoms with Gasteiger partial charge in [-0.3, -0.25) is 4.18 Å². The van der Waals surface area contributed by atoms with Crippen molar-refractivity contribution in [3.63, 3.8) is 0 Å². The van der Waals surface area contributed by atoms with Crippen LogP contribution < -0.4 is 0 Å². The number of benzene rings is 1. The first-order chi connectivity index (χ1) is 12.3. The van der Waals surface area contributed by atoms with E-state index in [1.807, 2.05) is 13.0 Å². The maximum Gasteiger partial charge on any atom is 0.297 e. The molecule has 4 nitrogen and oxygen atoms in total. The summed E-state index contributed by atoms with van der Waals surface area (Å²) >= 11 is 0. The zero-order valence-electron chi connectivity index (χ0n) is 18.1. The number of rotatable bonds is 9. The van der Waals surface area contributed by atoms with E-state index in [1.54, 1.807) is 30.3 Å². The molecule has 0 aliphatic rings. The highest BCUT2D eigenvalue weighted by Crippen LogP contribution is 2.41. The molecule has 0 atom stereocenters. The summed E-state index contributed by atoms with van der Waals surface area (Å²) in [5.41, 5.74) is 0.618. The van der Waals surface area contributed by atoms with Crippen LogP contribution in [0.1, 0.15) is 53.0 Å². The van der Waals surface area contributed by atoms with Crippen LogP contribution in [-0.4, -0.2) is 28.9 Å². The second-order valence-electron chi connectivity index (χ2n) is 8.59. The van der Waals surface area contributed by atoms with E-state index < -0.39 is 18.4 Å². The topological polar surface area (TPSA) is 52.6 Å². The van der Waals surface area contributed by atoms with Crippen molar-refractivity contribution in [1.82, 2.24) is 0 Å². The molecule has 0 radical (unpaired) electrons. The standard InChI is InChI=1S/C21H36O4SSi/c1-9-21(10-2,25-27(7,8)20(4,5)6)16-11-17-24-26(22,23)19-14-12-18(3)13-15-19/h11-16H,9-10,17H2,1-8H3/b16-11+. The first-order valence-electron chi connectivity index (χ1n) is 9.62. The van der Waals surface area contributed by atoms with Crippen LogP contribution >= 0.6 is 0 Å². The lowest BCUT2D eigenvalue weighted by Crippen LogP contribution is -2.48. The van der Waals surface area contributed by atoms with Gasteiger partial charge >= 0.3 is 0 Å². The molecule has 1 aromatic carbocycles. The summed E-state index contributed by atoms with van der Waals surface area (Å²) in [6, 6.07) is 6.66. The summed E-state index contributed by atoms with van der Waals surface area (Å²) in [4.78, 5) is 0.177. The molecule has 0 saturated carbocycles. The maximum absolute atomic E-state index is 12.3. The van der Waals surface area contributed by atoms with E-state index in [-0.39, 0.29) is 22.1 Å². The van der Waals surface area contributed by atoms with Crippen LogP contribution in [0.25, 0.3) is 0 Å². The summed E-state index contributed by atoms with van der Waals surface area (Å²) in [7, 11) is -5.70. The quantitative estimate of drug-likeness (QED) is 0.290. The molecule has 0 N–H and O–H groups in total. The largest absolute Gasteiger partial charge is 0.408 e. The van der Waals surface area contributed by atoms with Crippen LogP contribution in [0.2, 0.25) is 18.1 Å². The minimum absolute atomic E-state index is 0.00117. The predicted octanol–water partition coefficient (Wildman–Crippen LogP) is 5.84. The summed E-state index contributed by atoms with van der Waals surface area (Å²) in [5, 5.41) is 0.113. The molecule has 1 rings (SSSR count). The summed E-state index contributed by atoms with van der Waals surface area (Å²) in [6.45, 7) is 17.2. The second-order valence-corrected chi connectivity index (χ2v) is 14.9. The average Bonchev–Trinajstić information content (AvgIpc) is 2.57. The van der Waals surface area contributed by atoms with Crippen molar-refractivity contribution in [2.45, 2.75) is 83.0 Å². The Morgan fingerprint density at radius 2 is 1.56 bits per heavy atom. The van der Waals surface area contributed by atoms with E-state index in [1.165, 1.54) is 0 Å². The van der Waals surface area contributed by atoms with Gasteiger partial charge in [0.1, 0.15) is 0 Å². The summed E-state index contributed by atoms with van der Waals surface area (Å²) in [6.07, 6.45) is 5.42. The van der Waals surface area contributed by atoms with Crippen molar-refractivity contribution in [3.05, 3.63) is 42.0 Å². The fourth-order valence-electron chi connectivity index (χ4n) is 2.49. The molecule has 0 amide bonds. The third-order valence-corrected chi connectivity index (χ3v) is 11.3. The van der Waals surface area contributed by atoms with Gasteiger partial charge in [0.05, 0.1) is 17.1 Å². The van der Waals surface area contributed by atoms with Crippen molar-refractivity contribution in [2.75, 3.05) is 6.61 Å². The number of hydrogen-bond acceptors (Lipinski definition) is 4. The Hall–Kier alpha value is -0.953. The minimum atomic E-state index is -3.75. The van der Waals surface area contributed by atoms with Crippen LogP contribution in [0.3, 0.4) is 0 Å². The predicted molar refractivity (Wildman–Crippen MR) is 115 cm³/mol. The van der Waals surface area contributed by atoms with Gasteiger partial charge in [-0.1, -0.05) is 64.5 Å². The Balaban J connectivity index is 2.86. The molecule has 0 spiro atoms. The van der Waals surface area contributed by atoms with Gasteiger partial charge < -0.3 is 4.43 Å². The summed E-state index contributed by atoms with van der Waals surface area (Å²) < 4.78 is 36.4. The van der Waals surface area contributed by atoms with Gasteiger partial charge in [-0.25, -0.2) is 0 Å².